The maximum Gasteiger partial charge on any atom is 0.226 e. The van der Waals surface area contributed by atoms with E-state index in [1.165, 1.54) is 45.2 Å². The Kier molecular flexibility index (Phi) is 6.71. The second-order valence-corrected chi connectivity index (χ2v) is 11.1. The number of piperidine rings is 1. The van der Waals surface area contributed by atoms with Crippen LogP contribution in [0.1, 0.15) is 43.2 Å². The largest absolute Gasteiger partial charge is 0.342 e. The molecule has 4 aliphatic rings. The lowest BCUT2D eigenvalue weighted by Gasteiger charge is -2.38. The van der Waals surface area contributed by atoms with E-state index in [-0.39, 0.29) is 5.92 Å². The number of rotatable bonds is 8. The van der Waals surface area contributed by atoms with E-state index < -0.39 is 0 Å². The summed E-state index contributed by atoms with van der Waals surface area (Å²) >= 11 is 0. The smallest absolute Gasteiger partial charge is 0.226 e. The molecule has 1 heterocycles. The summed E-state index contributed by atoms with van der Waals surface area (Å²) in [6, 6.07) is 9.67. The lowest BCUT2D eigenvalue weighted by Crippen LogP contribution is -2.46. The van der Waals surface area contributed by atoms with Gasteiger partial charge in [0.1, 0.15) is 0 Å². The molecular weight excluding hydrogens is 394 g/mol. The van der Waals surface area contributed by atoms with Gasteiger partial charge in [0.2, 0.25) is 5.91 Å². The van der Waals surface area contributed by atoms with Gasteiger partial charge in [-0.15, -0.1) is 0 Å². The van der Waals surface area contributed by atoms with Gasteiger partial charge in [-0.3, -0.25) is 9.69 Å². The van der Waals surface area contributed by atoms with Gasteiger partial charge in [0.25, 0.3) is 0 Å². The van der Waals surface area contributed by atoms with Crippen LogP contribution in [0.5, 0.6) is 0 Å². The van der Waals surface area contributed by atoms with E-state index >= 15 is 0 Å². The van der Waals surface area contributed by atoms with Crippen LogP contribution in [0.15, 0.2) is 36.4 Å². The zero-order valence-corrected chi connectivity index (χ0v) is 20.1. The Labute approximate surface area is 194 Å². The van der Waals surface area contributed by atoms with Crippen molar-refractivity contribution in [3.05, 3.63) is 47.5 Å². The summed E-state index contributed by atoms with van der Waals surface area (Å²) in [7, 11) is 4.26. The summed E-state index contributed by atoms with van der Waals surface area (Å²) in [5, 5.41) is 0. The third kappa shape index (κ3) is 4.82. The third-order valence-electron chi connectivity index (χ3n) is 8.61. The first kappa shape index (κ1) is 22.2. The summed E-state index contributed by atoms with van der Waals surface area (Å²) < 4.78 is 0. The van der Waals surface area contributed by atoms with Crippen molar-refractivity contribution in [2.75, 3.05) is 46.8 Å². The van der Waals surface area contributed by atoms with Gasteiger partial charge < -0.3 is 9.80 Å². The molecule has 3 aliphatic carbocycles. The molecule has 174 valence electrons. The Hall–Kier alpha value is -1.65. The average molecular weight is 436 g/mol. The highest BCUT2D eigenvalue weighted by molar-refractivity contribution is 5.80. The summed E-state index contributed by atoms with van der Waals surface area (Å²) in [6.07, 6.45) is 13.0. The molecule has 2 fully saturated rings. The fourth-order valence-electron chi connectivity index (χ4n) is 6.77. The molecule has 0 unspecified atom stereocenters. The number of likely N-dealkylation sites (tertiary alicyclic amines) is 1. The Balaban J connectivity index is 1.15. The van der Waals surface area contributed by atoms with E-state index in [0.29, 0.717) is 29.7 Å². The molecule has 0 radical (unpaired) electrons. The van der Waals surface area contributed by atoms with Crippen molar-refractivity contribution in [2.45, 2.75) is 51.0 Å². The molecule has 1 amide bonds. The molecule has 4 nitrogen and oxygen atoms in total. The van der Waals surface area contributed by atoms with Crippen molar-refractivity contribution in [3.8, 4) is 0 Å². The van der Waals surface area contributed by atoms with E-state index in [9.17, 15) is 4.79 Å². The van der Waals surface area contributed by atoms with Crippen LogP contribution in [0.25, 0.3) is 0 Å². The van der Waals surface area contributed by atoms with Gasteiger partial charge >= 0.3 is 0 Å². The van der Waals surface area contributed by atoms with Crippen LogP contribution in [-0.4, -0.2) is 73.5 Å². The van der Waals surface area contributed by atoms with Crippen molar-refractivity contribution < 1.29 is 4.79 Å². The number of fused-ring (bicyclic) bond motifs is 3. The molecule has 5 rings (SSSR count). The van der Waals surface area contributed by atoms with Gasteiger partial charge in [-0.25, -0.2) is 0 Å². The molecule has 0 N–H and O–H groups in total. The van der Waals surface area contributed by atoms with Crippen LogP contribution < -0.4 is 0 Å². The topological polar surface area (TPSA) is 26.8 Å². The highest BCUT2D eigenvalue weighted by Gasteiger charge is 2.42. The molecule has 0 spiro atoms. The van der Waals surface area contributed by atoms with Gasteiger partial charge in [0, 0.05) is 25.0 Å². The Morgan fingerprint density at radius 1 is 1.00 bits per heavy atom. The molecule has 1 saturated carbocycles. The summed E-state index contributed by atoms with van der Waals surface area (Å²) in [5.41, 5.74) is 3.11. The summed E-state index contributed by atoms with van der Waals surface area (Å²) in [4.78, 5) is 20.8. The second kappa shape index (κ2) is 9.69. The lowest BCUT2D eigenvalue weighted by atomic mass is 9.90. The molecule has 32 heavy (non-hydrogen) atoms. The Morgan fingerprint density at radius 3 is 2.31 bits per heavy atom. The van der Waals surface area contributed by atoms with E-state index in [1.54, 1.807) is 11.1 Å². The van der Waals surface area contributed by atoms with Crippen LogP contribution >= 0.6 is 0 Å². The Morgan fingerprint density at radius 2 is 1.72 bits per heavy atom. The zero-order chi connectivity index (χ0) is 22.1. The third-order valence-corrected chi connectivity index (χ3v) is 8.61. The van der Waals surface area contributed by atoms with Crippen LogP contribution in [0.4, 0.5) is 0 Å². The molecule has 1 aromatic rings. The maximum absolute atomic E-state index is 13.6. The highest BCUT2D eigenvalue weighted by atomic mass is 16.2. The quantitative estimate of drug-likeness (QED) is 0.580. The SMILES string of the molecule is CN(C)CCCN(CC1CCN(C2Cc3ccccc3C2)CC1)C(=O)[C@@H]1C[C@@H]2C=C[C@H]1C2. The summed E-state index contributed by atoms with van der Waals surface area (Å²) in [5.74, 6) is 2.54. The van der Waals surface area contributed by atoms with Crippen molar-refractivity contribution in [2.24, 2.45) is 23.7 Å². The van der Waals surface area contributed by atoms with Crippen LogP contribution in [0, 0.1) is 23.7 Å². The fraction of sp³-hybridized carbons (Fsp3) is 0.679. The van der Waals surface area contributed by atoms with Crippen molar-refractivity contribution in [1.29, 1.82) is 0 Å². The molecule has 2 bridgehead atoms. The number of nitrogens with zero attached hydrogens (tertiary/aromatic N) is 3. The highest BCUT2D eigenvalue weighted by Crippen LogP contribution is 2.44. The van der Waals surface area contributed by atoms with Gasteiger partial charge in [-0.05, 0) is 108 Å². The normalized spacial score (nSPS) is 28.0. The first-order valence-corrected chi connectivity index (χ1v) is 13.0. The molecule has 4 heteroatoms. The van der Waals surface area contributed by atoms with E-state index in [1.807, 2.05) is 0 Å². The Bertz CT molecular complexity index is 801. The first-order chi connectivity index (χ1) is 15.6. The maximum atomic E-state index is 13.6. The lowest BCUT2D eigenvalue weighted by molar-refractivity contribution is -0.137. The number of allylic oxidation sites excluding steroid dienone is 2. The predicted molar refractivity (Wildman–Crippen MR) is 131 cm³/mol. The number of hydrogen-bond acceptors (Lipinski definition) is 3. The van der Waals surface area contributed by atoms with Gasteiger partial charge in [-0.1, -0.05) is 36.4 Å². The number of carbonyl (C=O) groups excluding carboxylic acids is 1. The van der Waals surface area contributed by atoms with Gasteiger partial charge in [0.05, 0.1) is 0 Å². The molecule has 0 aromatic heterocycles. The number of benzene rings is 1. The van der Waals surface area contributed by atoms with E-state index in [2.05, 4.69) is 65.2 Å². The minimum Gasteiger partial charge on any atom is -0.342 e. The van der Waals surface area contributed by atoms with Gasteiger partial charge in [-0.2, -0.15) is 0 Å². The minimum atomic E-state index is 0.251. The number of hydrogen-bond donors (Lipinski definition) is 0. The van der Waals surface area contributed by atoms with Crippen LogP contribution in [-0.2, 0) is 17.6 Å². The number of carbonyl (C=O) groups is 1. The standard InChI is InChI=1S/C28H41N3O/c1-29(2)12-5-13-31(28(32)27-17-22-8-9-25(27)16-22)20-21-10-14-30(15-11-21)26-18-23-6-3-4-7-24(23)19-26/h3-4,6-9,21-22,25-27H,5,10-20H2,1-2H3/t22-,25+,27-/m1/s1. The summed E-state index contributed by atoms with van der Waals surface area (Å²) in [6.45, 7) is 5.34. The number of amides is 1. The van der Waals surface area contributed by atoms with Gasteiger partial charge in [0.15, 0.2) is 0 Å². The van der Waals surface area contributed by atoms with Crippen LogP contribution in [0.2, 0.25) is 0 Å². The fourth-order valence-corrected chi connectivity index (χ4v) is 6.77. The molecule has 1 aliphatic heterocycles. The first-order valence-electron chi connectivity index (χ1n) is 13.0. The molecule has 1 aromatic carbocycles. The van der Waals surface area contributed by atoms with Crippen molar-refractivity contribution in [3.63, 3.8) is 0 Å². The zero-order valence-electron chi connectivity index (χ0n) is 20.1. The van der Waals surface area contributed by atoms with E-state index in [4.69, 9.17) is 0 Å². The molecule has 3 atom stereocenters. The average Bonchev–Trinajstić information content (AvgIpc) is 3.53. The van der Waals surface area contributed by atoms with Crippen LogP contribution in [0.3, 0.4) is 0 Å². The van der Waals surface area contributed by atoms with E-state index in [0.717, 1.165) is 32.5 Å². The molecule has 1 saturated heterocycles. The monoisotopic (exact) mass is 435 g/mol. The second-order valence-electron chi connectivity index (χ2n) is 11.1. The van der Waals surface area contributed by atoms with Crippen molar-refractivity contribution in [1.82, 2.24) is 14.7 Å². The molecular formula is C28H41N3O. The van der Waals surface area contributed by atoms with Crippen molar-refractivity contribution >= 4 is 5.91 Å². The predicted octanol–water partition coefficient (Wildman–Crippen LogP) is 3.86. The minimum absolute atomic E-state index is 0.251.